The molecule has 0 heterocycles. The zero-order valence-corrected chi connectivity index (χ0v) is 27.2. The average Bonchev–Trinajstić information content (AvgIpc) is 2.90. The number of hydrogen-bond acceptors (Lipinski definition) is 3. The molecular weight excluding hydrogens is 469 g/mol. The van der Waals surface area contributed by atoms with Gasteiger partial charge < -0.3 is 13.3 Å². The molecule has 34 heavy (non-hydrogen) atoms. The zero-order valence-electron chi connectivity index (χ0n) is 24.2. The Morgan fingerprint density at radius 1 is 0.765 bits per heavy atom. The smallest absolute Gasteiger partial charge is 0.184 e. The highest BCUT2D eigenvalue weighted by Gasteiger charge is 2.62. The third kappa shape index (κ3) is 5.42. The fourth-order valence-electron chi connectivity index (χ4n) is 8.33. The van der Waals surface area contributed by atoms with E-state index in [0.717, 1.165) is 17.8 Å². The van der Waals surface area contributed by atoms with Crippen molar-refractivity contribution in [2.45, 2.75) is 136 Å². The second-order valence-corrected chi connectivity index (χ2v) is 28.9. The standard InChI is InChI=1S/C28H54O3Si3/c1-27-16-14-21(29-32(3,4)5)18-20(27)12-13-22-23(27)15-17-28(2)24(22)19-25(30-33(6,7)8)26(28)31-34(9,10)11/h12,21-26H,13-19H2,1-11H3. The summed E-state index contributed by atoms with van der Waals surface area (Å²) in [5, 5.41) is 0. The number of hydrogen-bond donors (Lipinski definition) is 0. The van der Waals surface area contributed by atoms with Crippen LogP contribution >= 0.6 is 0 Å². The minimum atomic E-state index is -1.66. The second kappa shape index (κ2) is 8.94. The summed E-state index contributed by atoms with van der Waals surface area (Å²) >= 11 is 0. The van der Waals surface area contributed by atoms with Crippen LogP contribution in [-0.4, -0.2) is 43.3 Å². The van der Waals surface area contributed by atoms with Gasteiger partial charge in [-0.1, -0.05) is 25.5 Å². The molecule has 0 aromatic carbocycles. The zero-order chi connectivity index (χ0) is 25.3. The largest absolute Gasteiger partial charge is 0.414 e. The van der Waals surface area contributed by atoms with E-state index in [-0.39, 0.29) is 17.6 Å². The second-order valence-electron chi connectivity index (χ2n) is 15.6. The van der Waals surface area contributed by atoms with E-state index in [9.17, 15) is 0 Å². The highest BCUT2D eigenvalue weighted by atomic mass is 28.4. The number of rotatable bonds is 6. The van der Waals surface area contributed by atoms with Crippen LogP contribution in [0.15, 0.2) is 11.6 Å². The molecule has 0 radical (unpaired) electrons. The van der Waals surface area contributed by atoms with Gasteiger partial charge >= 0.3 is 0 Å². The van der Waals surface area contributed by atoms with Crippen molar-refractivity contribution in [3.63, 3.8) is 0 Å². The summed E-state index contributed by atoms with van der Waals surface area (Å²) in [6, 6.07) is 0. The van der Waals surface area contributed by atoms with Crippen molar-refractivity contribution >= 4 is 25.0 Å². The minimum Gasteiger partial charge on any atom is -0.414 e. The molecule has 0 spiro atoms. The summed E-state index contributed by atoms with van der Waals surface area (Å²) in [4.78, 5) is 0. The van der Waals surface area contributed by atoms with Crippen LogP contribution in [0, 0.1) is 28.6 Å². The molecule has 0 aromatic rings. The number of allylic oxidation sites excluding steroid dienone is 1. The van der Waals surface area contributed by atoms with Gasteiger partial charge in [0.1, 0.15) is 0 Å². The lowest BCUT2D eigenvalue weighted by Crippen LogP contribution is -2.53. The van der Waals surface area contributed by atoms with Crippen molar-refractivity contribution < 1.29 is 13.3 Å². The van der Waals surface area contributed by atoms with Gasteiger partial charge in [0, 0.05) is 6.10 Å². The Labute approximate surface area is 214 Å². The van der Waals surface area contributed by atoms with E-state index in [0.29, 0.717) is 11.5 Å². The quantitative estimate of drug-likeness (QED) is 0.260. The van der Waals surface area contributed by atoms with Gasteiger partial charge in [-0.25, -0.2) is 0 Å². The molecule has 0 saturated heterocycles. The van der Waals surface area contributed by atoms with Crippen molar-refractivity contribution in [2.24, 2.45) is 28.6 Å². The molecule has 3 fully saturated rings. The molecule has 0 N–H and O–H groups in total. The van der Waals surface area contributed by atoms with Crippen LogP contribution in [0.4, 0.5) is 0 Å². The molecule has 0 aromatic heterocycles. The first-order chi connectivity index (χ1) is 15.4. The molecule has 0 bridgehead atoms. The van der Waals surface area contributed by atoms with Crippen LogP contribution in [-0.2, 0) is 13.3 Å². The van der Waals surface area contributed by atoms with Crippen molar-refractivity contribution in [2.75, 3.05) is 0 Å². The molecule has 6 heteroatoms. The summed E-state index contributed by atoms with van der Waals surface area (Å²) in [6.45, 7) is 26.3. The Bertz CT molecular complexity index is 792. The summed E-state index contributed by atoms with van der Waals surface area (Å²) in [6.07, 6.45) is 12.5. The third-order valence-corrected chi connectivity index (χ3v) is 12.5. The fourth-order valence-corrected chi connectivity index (χ4v) is 11.8. The summed E-state index contributed by atoms with van der Waals surface area (Å²) in [5.41, 5.74) is 2.36. The first-order valence-corrected chi connectivity index (χ1v) is 24.4. The molecule has 3 nitrogen and oxygen atoms in total. The topological polar surface area (TPSA) is 27.7 Å². The molecular formula is C28H54O3Si3. The molecule has 4 aliphatic carbocycles. The first kappa shape index (κ1) is 27.3. The van der Waals surface area contributed by atoms with Gasteiger partial charge in [-0.05, 0) is 132 Å². The summed E-state index contributed by atoms with van der Waals surface area (Å²) < 4.78 is 20.5. The summed E-state index contributed by atoms with van der Waals surface area (Å²) in [5.74, 6) is 2.32. The predicted molar refractivity (Wildman–Crippen MR) is 152 cm³/mol. The Balaban J connectivity index is 1.60. The highest BCUT2D eigenvalue weighted by Crippen LogP contribution is 2.66. The monoisotopic (exact) mass is 522 g/mol. The van der Waals surface area contributed by atoms with E-state index in [1.165, 1.54) is 44.9 Å². The van der Waals surface area contributed by atoms with Gasteiger partial charge in [0.15, 0.2) is 25.0 Å². The van der Waals surface area contributed by atoms with Gasteiger partial charge in [0.05, 0.1) is 12.2 Å². The average molecular weight is 523 g/mol. The van der Waals surface area contributed by atoms with Gasteiger partial charge in [0.2, 0.25) is 0 Å². The Morgan fingerprint density at radius 2 is 1.38 bits per heavy atom. The maximum atomic E-state index is 7.01. The first-order valence-electron chi connectivity index (χ1n) is 14.1. The van der Waals surface area contributed by atoms with Gasteiger partial charge in [0.25, 0.3) is 0 Å². The fraction of sp³-hybridized carbons (Fsp3) is 0.929. The van der Waals surface area contributed by atoms with E-state index in [1.54, 1.807) is 5.57 Å². The van der Waals surface area contributed by atoms with Crippen molar-refractivity contribution in [1.82, 2.24) is 0 Å². The molecule has 4 aliphatic rings. The van der Waals surface area contributed by atoms with Crippen LogP contribution in [0.2, 0.25) is 58.9 Å². The predicted octanol–water partition coefficient (Wildman–Crippen LogP) is 8.22. The van der Waals surface area contributed by atoms with Gasteiger partial charge in [-0.3, -0.25) is 0 Å². The van der Waals surface area contributed by atoms with Crippen LogP contribution in [0.1, 0.15) is 58.8 Å². The molecule has 0 amide bonds. The van der Waals surface area contributed by atoms with E-state index in [1.807, 2.05) is 0 Å². The molecule has 3 saturated carbocycles. The van der Waals surface area contributed by atoms with Gasteiger partial charge in [-0.2, -0.15) is 0 Å². The van der Waals surface area contributed by atoms with E-state index in [4.69, 9.17) is 13.3 Å². The van der Waals surface area contributed by atoms with Crippen molar-refractivity contribution in [3.8, 4) is 0 Å². The molecule has 8 unspecified atom stereocenters. The Kier molecular flexibility index (Phi) is 7.18. The van der Waals surface area contributed by atoms with E-state index >= 15 is 0 Å². The van der Waals surface area contributed by atoms with Crippen LogP contribution in [0.3, 0.4) is 0 Å². The normalized spacial score (nSPS) is 43.1. The summed E-state index contributed by atoms with van der Waals surface area (Å²) in [7, 11) is -4.79. The van der Waals surface area contributed by atoms with Crippen LogP contribution in [0.25, 0.3) is 0 Å². The molecule has 0 aliphatic heterocycles. The van der Waals surface area contributed by atoms with Gasteiger partial charge in [-0.15, -0.1) is 0 Å². The Hall–Kier alpha value is 0.271. The lowest BCUT2D eigenvalue weighted by Gasteiger charge is -2.58. The lowest BCUT2D eigenvalue weighted by molar-refractivity contribution is -0.0734. The number of fused-ring (bicyclic) bond motifs is 5. The highest BCUT2D eigenvalue weighted by molar-refractivity contribution is 6.70. The van der Waals surface area contributed by atoms with E-state index < -0.39 is 25.0 Å². The lowest BCUT2D eigenvalue weighted by atomic mass is 9.48. The van der Waals surface area contributed by atoms with Crippen molar-refractivity contribution in [3.05, 3.63) is 11.6 Å². The van der Waals surface area contributed by atoms with E-state index in [2.05, 4.69) is 78.8 Å². The molecule has 8 atom stereocenters. The van der Waals surface area contributed by atoms with Crippen molar-refractivity contribution in [1.29, 1.82) is 0 Å². The molecule has 4 rings (SSSR count). The minimum absolute atomic E-state index is 0.256. The maximum Gasteiger partial charge on any atom is 0.184 e. The van der Waals surface area contributed by atoms with Crippen LogP contribution in [0.5, 0.6) is 0 Å². The third-order valence-electron chi connectivity index (χ3n) is 9.48. The van der Waals surface area contributed by atoms with Crippen LogP contribution < -0.4 is 0 Å². The SMILES string of the molecule is CC12CCC(O[Si](C)(C)C)CC1=CCC1C2CCC2(C)C1CC(O[Si](C)(C)C)C2O[Si](C)(C)C. The Morgan fingerprint density at radius 3 is 1.97 bits per heavy atom. The molecule has 196 valence electrons. The maximum absolute atomic E-state index is 7.01.